The summed E-state index contributed by atoms with van der Waals surface area (Å²) >= 11 is 6.26. The lowest BCUT2D eigenvalue weighted by molar-refractivity contribution is -0.120. The lowest BCUT2D eigenvalue weighted by atomic mass is 10.1. The van der Waals surface area contributed by atoms with E-state index < -0.39 is 0 Å². The summed E-state index contributed by atoms with van der Waals surface area (Å²) in [5.41, 5.74) is 5.58. The number of pyridine rings is 1. The van der Waals surface area contributed by atoms with E-state index >= 15 is 0 Å². The maximum absolute atomic E-state index is 12.5. The number of nitrogens with one attached hydrogen (secondary N) is 1. The summed E-state index contributed by atoms with van der Waals surface area (Å²) in [6, 6.07) is 9.75. The predicted molar refractivity (Wildman–Crippen MR) is 117 cm³/mol. The molecule has 0 saturated heterocycles. The molecule has 3 rings (SSSR count). The molecule has 0 atom stereocenters. The van der Waals surface area contributed by atoms with Crippen molar-refractivity contribution >= 4 is 23.3 Å². The molecule has 1 aromatic carbocycles. The number of anilines is 1. The van der Waals surface area contributed by atoms with Gasteiger partial charge in [-0.1, -0.05) is 23.7 Å². The molecule has 3 aromatic rings. The molecule has 2 aromatic heterocycles. The number of carbonyl (C=O) groups is 1. The van der Waals surface area contributed by atoms with Crippen LogP contribution >= 0.6 is 11.6 Å². The Balaban J connectivity index is 1.69. The molecule has 0 aliphatic carbocycles. The summed E-state index contributed by atoms with van der Waals surface area (Å²) in [5.74, 6) is 0.837. The predicted octanol–water partition coefficient (Wildman–Crippen LogP) is 3.77. The van der Waals surface area contributed by atoms with E-state index in [-0.39, 0.29) is 12.3 Å². The molecular weight excluding hydrogens is 386 g/mol. The van der Waals surface area contributed by atoms with Crippen LogP contribution in [-0.4, -0.2) is 34.8 Å². The zero-order valence-electron chi connectivity index (χ0n) is 17.5. The summed E-state index contributed by atoms with van der Waals surface area (Å²) in [5, 5.41) is 8.28. The second-order valence-electron chi connectivity index (χ2n) is 7.37. The molecule has 0 aliphatic rings. The lowest BCUT2D eigenvalue weighted by Crippen LogP contribution is -2.25. The highest BCUT2D eigenvalue weighted by Crippen LogP contribution is 2.23. The third kappa shape index (κ3) is 4.77. The van der Waals surface area contributed by atoms with Crippen molar-refractivity contribution in [2.45, 2.75) is 33.7 Å². The summed E-state index contributed by atoms with van der Waals surface area (Å²) in [7, 11) is 3.89. The largest absolute Gasteiger partial charge is 0.363 e. The molecule has 0 radical (unpaired) electrons. The highest BCUT2D eigenvalue weighted by atomic mass is 35.5. The Morgan fingerprint density at radius 2 is 1.93 bits per heavy atom. The molecule has 29 heavy (non-hydrogen) atoms. The van der Waals surface area contributed by atoms with E-state index in [4.69, 9.17) is 11.6 Å². The summed E-state index contributed by atoms with van der Waals surface area (Å²) < 4.78 is 1.84. The van der Waals surface area contributed by atoms with Gasteiger partial charge >= 0.3 is 0 Å². The topological polar surface area (TPSA) is 63.1 Å². The third-order valence-corrected chi connectivity index (χ3v) is 5.34. The standard InChI is InChI=1S/C22H26ClN5O/c1-14-6-8-18(10-20(14)23)28-16(3)19(15(2)26-28)11-22(29)25-13-17-7-9-21(24-12-17)27(4)5/h6-10,12H,11,13H2,1-5H3,(H,25,29). The van der Waals surface area contributed by atoms with Crippen LogP contribution in [0.1, 0.15) is 28.1 Å². The van der Waals surface area contributed by atoms with Gasteiger partial charge in [0, 0.05) is 43.1 Å². The quantitative estimate of drug-likeness (QED) is 0.670. The van der Waals surface area contributed by atoms with Gasteiger partial charge in [0.15, 0.2) is 0 Å². The van der Waals surface area contributed by atoms with Crippen LogP contribution in [0.3, 0.4) is 0 Å². The number of carbonyl (C=O) groups excluding carboxylic acids is 1. The van der Waals surface area contributed by atoms with Crippen LogP contribution in [0.5, 0.6) is 0 Å². The van der Waals surface area contributed by atoms with E-state index in [0.29, 0.717) is 11.6 Å². The molecule has 2 heterocycles. The van der Waals surface area contributed by atoms with Gasteiger partial charge in [-0.05, 0) is 50.1 Å². The van der Waals surface area contributed by atoms with E-state index in [1.807, 2.05) is 74.8 Å². The first kappa shape index (κ1) is 20.9. The number of amides is 1. The number of benzene rings is 1. The molecular formula is C22H26ClN5O. The average molecular weight is 412 g/mol. The van der Waals surface area contributed by atoms with Crippen molar-refractivity contribution in [3.8, 4) is 5.69 Å². The van der Waals surface area contributed by atoms with Gasteiger partial charge in [0.25, 0.3) is 0 Å². The van der Waals surface area contributed by atoms with Gasteiger partial charge in [-0.15, -0.1) is 0 Å². The minimum atomic E-state index is -0.0469. The normalized spacial score (nSPS) is 10.8. The second-order valence-corrected chi connectivity index (χ2v) is 7.77. The summed E-state index contributed by atoms with van der Waals surface area (Å²) in [6.45, 7) is 6.30. The van der Waals surface area contributed by atoms with Crippen LogP contribution in [0, 0.1) is 20.8 Å². The van der Waals surface area contributed by atoms with Gasteiger partial charge in [0.2, 0.25) is 5.91 Å². The number of aromatic nitrogens is 3. The molecule has 1 N–H and O–H groups in total. The number of aryl methyl sites for hydroxylation is 2. The van der Waals surface area contributed by atoms with E-state index in [1.54, 1.807) is 6.20 Å². The molecule has 7 heteroatoms. The van der Waals surface area contributed by atoms with Gasteiger partial charge in [-0.25, -0.2) is 9.67 Å². The Bertz CT molecular complexity index is 1020. The Morgan fingerprint density at radius 1 is 1.17 bits per heavy atom. The zero-order chi connectivity index (χ0) is 21.1. The zero-order valence-corrected chi connectivity index (χ0v) is 18.2. The molecule has 0 fully saturated rings. The van der Waals surface area contributed by atoms with Crippen LogP contribution in [0.2, 0.25) is 5.02 Å². The van der Waals surface area contributed by atoms with Crippen LogP contribution < -0.4 is 10.2 Å². The highest BCUT2D eigenvalue weighted by Gasteiger charge is 2.16. The smallest absolute Gasteiger partial charge is 0.224 e. The van der Waals surface area contributed by atoms with Crippen molar-refractivity contribution in [3.05, 3.63) is 69.6 Å². The number of nitrogens with zero attached hydrogens (tertiary/aromatic N) is 4. The van der Waals surface area contributed by atoms with E-state index in [2.05, 4.69) is 15.4 Å². The first-order valence-electron chi connectivity index (χ1n) is 9.47. The lowest BCUT2D eigenvalue weighted by Gasteiger charge is -2.11. The van der Waals surface area contributed by atoms with Gasteiger partial charge in [0.1, 0.15) is 5.82 Å². The second kappa shape index (κ2) is 8.66. The molecule has 152 valence electrons. The fraction of sp³-hybridized carbons (Fsp3) is 0.318. The molecule has 0 spiro atoms. The Kier molecular flexibility index (Phi) is 6.23. The number of hydrogen-bond donors (Lipinski definition) is 1. The van der Waals surface area contributed by atoms with Crippen LogP contribution in [0.15, 0.2) is 36.5 Å². The number of rotatable bonds is 6. The van der Waals surface area contributed by atoms with Crippen molar-refractivity contribution in [1.82, 2.24) is 20.1 Å². The van der Waals surface area contributed by atoms with Gasteiger partial charge in [-0.2, -0.15) is 5.10 Å². The number of halogens is 1. The summed E-state index contributed by atoms with van der Waals surface area (Å²) in [4.78, 5) is 18.8. The Labute approximate surface area is 176 Å². The Hall–Kier alpha value is -2.86. The van der Waals surface area contributed by atoms with E-state index in [9.17, 15) is 4.79 Å². The SMILES string of the molecule is Cc1ccc(-n2nc(C)c(CC(=O)NCc3ccc(N(C)C)nc3)c2C)cc1Cl. The molecule has 1 amide bonds. The molecule has 0 aliphatic heterocycles. The van der Waals surface area contributed by atoms with Gasteiger partial charge < -0.3 is 10.2 Å². The van der Waals surface area contributed by atoms with Gasteiger partial charge in [0.05, 0.1) is 17.8 Å². The maximum atomic E-state index is 12.5. The van der Waals surface area contributed by atoms with Crippen LogP contribution in [0.4, 0.5) is 5.82 Å². The minimum absolute atomic E-state index is 0.0469. The van der Waals surface area contributed by atoms with Crippen molar-refractivity contribution in [2.75, 3.05) is 19.0 Å². The Morgan fingerprint density at radius 3 is 2.55 bits per heavy atom. The average Bonchev–Trinajstić information content (AvgIpc) is 2.97. The molecule has 6 nitrogen and oxygen atoms in total. The highest BCUT2D eigenvalue weighted by molar-refractivity contribution is 6.31. The maximum Gasteiger partial charge on any atom is 0.224 e. The van der Waals surface area contributed by atoms with E-state index in [1.165, 1.54) is 0 Å². The minimum Gasteiger partial charge on any atom is -0.363 e. The molecule has 0 saturated carbocycles. The molecule has 0 bridgehead atoms. The third-order valence-electron chi connectivity index (χ3n) is 4.94. The fourth-order valence-corrected chi connectivity index (χ4v) is 3.28. The van der Waals surface area contributed by atoms with E-state index in [0.717, 1.165) is 39.6 Å². The van der Waals surface area contributed by atoms with Gasteiger partial charge in [-0.3, -0.25) is 4.79 Å². The monoisotopic (exact) mass is 411 g/mol. The molecule has 0 unspecified atom stereocenters. The summed E-state index contributed by atoms with van der Waals surface area (Å²) in [6.07, 6.45) is 2.06. The van der Waals surface area contributed by atoms with Crippen LogP contribution in [-0.2, 0) is 17.8 Å². The first-order valence-corrected chi connectivity index (χ1v) is 9.84. The number of hydrogen-bond acceptors (Lipinski definition) is 4. The van der Waals surface area contributed by atoms with Crippen molar-refractivity contribution in [3.63, 3.8) is 0 Å². The van der Waals surface area contributed by atoms with Crippen molar-refractivity contribution in [2.24, 2.45) is 0 Å². The van der Waals surface area contributed by atoms with Crippen molar-refractivity contribution < 1.29 is 4.79 Å². The van der Waals surface area contributed by atoms with Crippen LogP contribution in [0.25, 0.3) is 5.69 Å². The fourth-order valence-electron chi connectivity index (χ4n) is 3.11. The van der Waals surface area contributed by atoms with Crippen molar-refractivity contribution in [1.29, 1.82) is 0 Å². The first-order chi connectivity index (χ1) is 13.8.